The van der Waals surface area contributed by atoms with Gasteiger partial charge in [0.1, 0.15) is 5.69 Å². The lowest BCUT2D eigenvalue weighted by molar-refractivity contribution is 0.0822. The van der Waals surface area contributed by atoms with E-state index in [1.165, 1.54) is 31.5 Å². The molecule has 0 spiro atoms. The second-order valence-corrected chi connectivity index (χ2v) is 6.65. The number of likely N-dealkylation sites (tertiary alicyclic amines) is 1. The molecule has 1 fully saturated rings. The zero-order chi connectivity index (χ0) is 17.1. The molecule has 0 unspecified atom stereocenters. The van der Waals surface area contributed by atoms with Crippen LogP contribution in [0.1, 0.15) is 41.9 Å². The molecule has 1 amide bonds. The fraction of sp³-hybridized carbons (Fsp3) is 0.400. The summed E-state index contributed by atoms with van der Waals surface area (Å²) < 4.78 is 0. The normalized spacial score (nSPS) is 16.1. The Balaban J connectivity index is 1.88. The molecule has 4 heteroatoms. The third-order valence-corrected chi connectivity index (χ3v) is 4.73. The number of carbonyl (C=O) groups is 1. The first-order valence-electron chi connectivity index (χ1n) is 8.59. The maximum absolute atomic E-state index is 12.1. The van der Waals surface area contributed by atoms with Gasteiger partial charge in [0.2, 0.25) is 0 Å². The highest BCUT2D eigenvalue weighted by Crippen LogP contribution is 2.27. The molecule has 2 aromatic rings. The first-order chi connectivity index (χ1) is 11.6. The van der Waals surface area contributed by atoms with E-state index in [0.717, 1.165) is 11.3 Å². The quantitative estimate of drug-likeness (QED) is 0.862. The number of nitrogens with zero attached hydrogens (tertiary/aromatic N) is 3. The Kier molecular flexibility index (Phi) is 4.95. The van der Waals surface area contributed by atoms with Crippen LogP contribution in [0, 0.1) is 0 Å². The molecule has 1 aliphatic rings. The smallest absolute Gasteiger partial charge is 0.271 e. The van der Waals surface area contributed by atoms with Crippen LogP contribution in [0.3, 0.4) is 0 Å². The third kappa shape index (κ3) is 3.49. The van der Waals surface area contributed by atoms with E-state index in [1.54, 1.807) is 25.1 Å². The van der Waals surface area contributed by atoms with Gasteiger partial charge in [0.05, 0.1) is 5.69 Å². The molecule has 1 atom stereocenters. The second kappa shape index (κ2) is 7.14. The minimum Gasteiger partial charge on any atom is -0.343 e. The maximum Gasteiger partial charge on any atom is 0.271 e. The number of hydrogen-bond donors (Lipinski definition) is 0. The molecule has 0 aliphatic carbocycles. The van der Waals surface area contributed by atoms with Crippen molar-refractivity contribution in [3.8, 4) is 11.3 Å². The zero-order valence-electron chi connectivity index (χ0n) is 14.7. The number of rotatable bonds is 4. The predicted molar refractivity (Wildman–Crippen MR) is 96.9 cm³/mol. The lowest BCUT2D eigenvalue weighted by Gasteiger charge is -2.24. The third-order valence-electron chi connectivity index (χ3n) is 4.73. The van der Waals surface area contributed by atoms with Crippen LogP contribution < -0.4 is 0 Å². The zero-order valence-corrected chi connectivity index (χ0v) is 14.7. The summed E-state index contributed by atoms with van der Waals surface area (Å²) >= 11 is 0. The van der Waals surface area contributed by atoms with Gasteiger partial charge in [-0.3, -0.25) is 9.69 Å². The number of carbonyl (C=O) groups excluding carboxylic acids is 1. The van der Waals surface area contributed by atoms with Crippen molar-refractivity contribution in [1.29, 1.82) is 0 Å². The first kappa shape index (κ1) is 16.7. The van der Waals surface area contributed by atoms with Crippen LogP contribution in [-0.4, -0.2) is 47.9 Å². The molecule has 2 heterocycles. The summed E-state index contributed by atoms with van der Waals surface area (Å²) in [6, 6.07) is 14.6. The first-order valence-corrected chi connectivity index (χ1v) is 8.59. The second-order valence-electron chi connectivity index (χ2n) is 6.65. The molecule has 1 aliphatic heterocycles. The molecule has 126 valence electrons. The lowest BCUT2D eigenvalue weighted by Crippen LogP contribution is -2.23. The molecule has 24 heavy (non-hydrogen) atoms. The molecular weight excluding hydrogens is 298 g/mol. The van der Waals surface area contributed by atoms with Crippen LogP contribution in [0.2, 0.25) is 0 Å². The highest BCUT2D eigenvalue weighted by atomic mass is 16.2. The molecule has 3 rings (SSSR count). The van der Waals surface area contributed by atoms with Gasteiger partial charge in [-0.15, -0.1) is 0 Å². The van der Waals surface area contributed by atoms with E-state index in [9.17, 15) is 4.79 Å². The lowest BCUT2D eigenvalue weighted by atomic mass is 10.0. The number of pyridine rings is 1. The van der Waals surface area contributed by atoms with Gasteiger partial charge in [0.25, 0.3) is 5.91 Å². The van der Waals surface area contributed by atoms with E-state index in [1.807, 2.05) is 12.1 Å². The average molecular weight is 323 g/mol. The van der Waals surface area contributed by atoms with Crippen molar-refractivity contribution in [3.05, 3.63) is 53.7 Å². The minimum absolute atomic E-state index is 0.0709. The number of amides is 1. The molecule has 0 radical (unpaired) electrons. The Morgan fingerprint density at radius 3 is 2.54 bits per heavy atom. The van der Waals surface area contributed by atoms with Crippen molar-refractivity contribution in [2.45, 2.75) is 25.8 Å². The topological polar surface area (TPSA) is 36.4 Å². The van der Waals surface area contributed by atoms with Crippen LogP contribution in [0.15, 0.2) is 42.5 Å². The van der Waals surface area contributed by atoms with Crippen molar-refractivity contribution < 1.29 is 4.79 Å². The van der Waals surface area contributed by atoms with Gasteiger partial charge in [0.15, 0.2) is 0 Å². The van der Waals surface area contributed by atoms with E-state index in [4.69, 9.17) is 0 Å². The summed E-state index contributed by atoms with van der Waals surface area (Å²) in [4.78, 5) is 20.8. The summed E-state index contributed by atoms with van der Waals surface area (Å²) in [7, 11) is 3.49. The van der Waals surface area contributed by atoms with Crippen LogP contribution >= 0.6 is 0 Å². The molecule has 4 nitrogen and oxygen atoms in total. The summed E-state index contributed by atoms with van der Waals surface area (Å²) in [5, 5.41) is 0. The van der Waals surface area contributed by atoms with Gasteiger partial charge in [-0.1, -0.05) is 24.3 Å². The SMILES string of the molecule is C[C@H](c1cccc(-c2cccc(C(=O)N(C)C)n2)c1)N1CCCC1. The molecule has 1 saturated heterocycles. The molecular formula is C20H25N3O. The Labute approximate surface area is 144 Å². The van der Waals surface area contributed by atoms with E-state index >= 15 is 0 Å². The molecule has 1 aromatic heterocycles. The highest BCUT2D eigenvalue weighted by Gasteiger charge is 2.19. The maximum atomic E-state index is 12.1. The van der Waals surface area contributed by atoms with Gasteiger partial charge in [-0.25, -0.2) is 4.98 Å². The summed E-state index contributed by atoms with van der Waals surface area (Å²) in [5.74, 6) is -0.0709. The monoisotopic (exact) mass is 323 g/mol. The highest BCUT2D eigenvalue weighted by molar-refractivity contribution is 5.92. The number of hydrogen-bond acceptors (Lipinski definition) is 3. The largest absolute Gasteiger partial charge is 0.343 e. The average Bonchev–Trinajstić information content (AvgIpc) is 3.15. The fourth-order valence-corrected chi connectivity index (χ4v) is 3.24. The van der Waals surface area contributed by atoms with Gasteiger partial charge >= 0.3 is 0 Å². The van der Waals surface area contributed by atoms with Crippen LogP contribution in [-0.2, 0) is 0 Å². The van der Waals surface area contributed by atoms with E-state index in [-0.39, 0.29) is 5.91 Å². The summed E-state index contributed by atoms with van der Waals surface area (Å²) in [5.41, 5.74) is 3.70. The Morgan fingerprint density at radius 1 is 1.12 bits per heavy atom. The molecule has 1 aromatic carbocycles. The number of benzene rings is 1. The Bertz CT molecular complexity index is 720. The number of aromatic nitrogens is 1. The fourth-order valence-electron chi connectivity index (χ4n) is 3.24. The van der Waals surface area contributed by atoms with Crippen molar-refractivity contribution in [3.63, 3.8) is 0 Å². The standard InChI is InChI=1S/C20H25N3O/c1-15(23-12-4-5-13-23)16-8-6-9-17(14-16)18-10-7-11-19(21-18)20(24)22(2)3/h6-11,14-15H,4-5,12-13H2,1-3H3/t15-/m1/s1. The summed E-state index contributed by atoms with van der Waals surface area (Å²) in [6.45, 7) is 4.62. The molecule has 0 bridgehead atoms. The van der Waals surface area contributed by atoms with E-state index in [2.05, 4.69) is 41.1 Å². The molecule has 0 saturated carbocycles. The predicted octanol–water partition coefficient (Wildman–Crippen LogP) is 3.61. The van der Waals surface area contributed by atoms with Crippen LogP contribution in [0.5, 0.6) is 0 Å². The molecule has 0 N–H and O–H groups in total. The van der Waals surface area contributed by atoms with Gasteiger partial charge in [0, 0.05) is 25.7 Å². The van der Waals surface area contributed by atoms with Crippen molar-refractivity contribution in [2.24, 2.45) is 0 Å². The van der Waals surface area contributed by atoms with Gasteiger partial charge in [-0.2, -0.15) is 0 Å². The van der Waals surface area contributed by atoms with E-state index < -0.39 is 0 Å². The Hall–Kier alpha value is -2.20. The van der Waals surface area contributed by atoms with Crippen LogP contribution in [0.4, 0.5) is 0 Å². The van der Waals surface area contributed by atoms with Crippen molar-refractivity contribution in [1.82, 2.24) is 14.8 Å². The Morgan fingerprint density at radius 2 is 1.83 bits per heavy atom. The van der Waals surface area contributed by atoms with Crippen LogP contribution in [0.25, 0.3) is 11.3 Å². The van der Waals surface area contributed by atoms with Gasteiger partial charge < -0.3 is 4.90 Å². The van der Waals surface area contributed by atoms with Crippen molar-refractivity contribution >= 4 is 5.91 Å². The summed E-state index contributed by atoms with van der Waals surface area (Å²) in [6.07, 6.45) is 2.58. The van der Waals surface area contributed by atoms with E-state index in [0.29, 0.717) is 11.7 Å². The van der Waals surface area contributed by atoms with Crippen molar-refractivity contribution in [2.75, 3.05) is 27.2 Å². The minimum atomic E-state index is -0.0709. The van der Waals surface area contributed by atoms with Gasteiger partial charge in [-0.05, 0) is 56.6 Å².